The molecule has 2 unspecified atom stereocenters. The van der Waals surface area contributed by atoms with Crippen LogP contribution in [0.5, 0.6) is 0 Å². The molecule has 1 fully saturated rings. The van der Waals surface area contributed by atoms with E-state index in [0.29, 0.717) is 5.25 Å². The molecule has 0 spiro atoms. The lowest BCUT2D eigenvalue weighted by Gasteiger charge is -2.12. The van der Waals surface area contributed by atoms with Crippen LogP contribution in [0.2, 0.25) is 0 Å². The molecule has 2 N–H and O–H groups in total. The SMILES string of the molecule is CSC1CCC(NS(=O)(=O)c2cc(C(=O)O)oc2Br)C1. The van der Waals surface area contributed by atoms with Crippen LogP contribution in [-0.4, -0.2) is 37.0 Å². The lowest BCUT2D eigenvalue weighted by atomic mass is 10.3. The number of halogens is 1. The zero-order valence-corrected chi connectivity index (χ0v) is 13.8. The Bertz CT molecular complexity index is 612. The molecule has 1 aliphatic carbocycles. The van der Waals surface area contributed by atoms with Crippen LogP contribution >= 0.6 is 27.7 Å². The highest BCUT2D eigenvalue weighted by Crippen LogP contribution is 2.31. The second-order valence-electron chi connectivity index (χ2n) is 4.54. The number of hydrogen-bond donors (Lipinski definition) is 2. The lowest BCUT2D eigenvalue weighted by Crippen LogP contribution is -2.33. The highest BCUT2D eigenvalue weighted by molar-refractivity contribution is 9.10. The molecular weight excluding hydrogens is 370 g/mol. The number of thioether (sulfide) groups is 1. The molecule has 9 heteroatoms. The van der Waals surface area contributed by atoms with Gasteiger partial charge in [0.05, 0.1) is 0 Å². The number of carboxylic acids is 1. The summed E-state index contributed by atoms with van der Waals surface area (Å²) in [6.07, 6.45) is 4.54. The summed E-state index contributed by atoms with van der Waals surface area (Å²) in [5, 5.41) is 9.27. The number of carboxylic acid groups (broad SMARTS) is 1. The Hall–Kier alpha value is -0.510. The van der Waals surface area contributed by atoms with Crippen molar-refractivity contribution in [1.82, 2.24) is 4.72 Å². The average Bonchev–Trinajstić information content (AvgIpc) is 2.95. The van der Waals surface area contributed by atoms with Gasteiger partial charge in [0.2, 0.25) is 15.8 Å². The largest absolute Gasteiger partial charge is 0.475 e. The van der Waals surface area contributed by atoms with Gasteiger partial charge in [-0.15, -0.1) is 0 Å². The molecule has 1 aromatic heterocycles. The first-order chi connectivity index (χ1) is 9.33. The summed E-state index contributed by atoms with van der Waals surface area (Å²) in [6.45, 7) is 0. The van der Waals surface area contributed by atoms with Gasteiger partial charge in [0, 0.05) is 17.4 Å². The van der Waals surface area contributed by atoms with Crippen LogP contribution in [0.3, 0.4) is 0 Å². The van der Waals surface area contributed by atoms with Crippen LogP contribution in [0.1, 0.15) is 29.8 Å². The van der Waals surface area contributed by atoms with Crippen LogP contribution in [0, 0.1) is 0 Å². The van der Waals surface area contributed by atoms with Crippen molar-refractivity contribution >= 4 is 43.7 Å². The van der Waals surface area contributed by atoms with Crippen molar-refractivity contribution in [3.8, 4) is 0 Å². The molecule has 2 atom stereocenters. The normalized spacial score (nSPS) is 23.1. The Morgan fingerprint density at radius 3 is 2.75 bits per heavy atom. The minimum absolute atomic E-state index is 0.0955. The lowest BCUT2D eigenvalue weighted by molar-refractivity contribution is 0.0661. The van der Waals surface area contributed by atoms with Crippen molar-refractivity contribution in [2.24, 2.45) is 0 Å². The number of nitrogens with one attached hydrogen (secondary N) is 1. The zero-order valence-electron chi connectivity index (χ0n) is 10.6. The maximum atomic E-state index is 12.2. The summed E-state index contributed by atoms with van der Waals surface area (Å²) in [5.41, 5.74) is 0. The minimum Gasteiger partial charge on any atom is -0.475 e. The number of sulfonamides is 1. The predicted molar refractivity (Wildman–Crippen MR) is 78.6 cm³/mol. The summed E-state index contributed by atoms with van der Waals surface area (Å²) in [7, 11) is -3.78. The Balaban J connectivity index is 2.17. The maximum absolute atomic E-state index is 12.2. The third-order valence-corrected chi connectivity index (χ3v) is 6.67. The van der Waals surface area contributed by atoms with Gasteiger partial charge < -0.3 is 9.52 Å². The fraction of sp³-hybridized carbons (Fsp3) is 0.545. The van der Waals surface area contributed by atoms with Gasteiger partial charge in [-0.2, -0.15) is 11.8 Å². The highest BCUT2D eigenvalue weighted by atomic mass is 79.9. The van der Waals surface area contributed by atoms with E-state index < -0.39 is 21.8 Å². The maximum Gasteiger partial charge on any atom is 0.371 e. The first-order valence-electron chi connectivity index (χ1n) is 5.91. The third kappa shape index (κ3) is 3.38. The second kappa shape index (κ2) is 6.08. The summed E-state index contributed by atoms with van der Waals surface area (Å²) in [5.74, 6) is -1.72. The van der Waals surface area contributed by atoms with E-state index in [9.17, 15) is 13.2 Å². The van der Waals surface area contributed by atoms with E-state index in [-0.39, 0.29) is 15.6 Å². The van der Waals surface area contributed by atoms with Crippen molar-refractivity contribution in [1.29, 1.82) is 0 Å². The van der Waals surface area contributed by atoms with Gasteiger partial charge in [0.25, 0.3) is 0 Å². The number of hydrogen-bond acceptors (Lipinski definition) is 5. The molecule has 0 saturated heterocycles. The summed E-state index contributed by atoms with van der Waals surface area (Å²) in [4.78, 5) is 10.6. The number of aromatic carboxylic acids is 1. The first-order valence-corrected chi connectivity index (χ1v) is 9.47. The molecule has 0 amide bonds. The van der Waals surface area contributed by atoms with E-state index in [2.05, 4.69) is 20.7 Å². The second-order valence-corrected chi connectivity index (χ2v) is 8.08. The van der Waals surface area contributed by atoms with Gasteiger partial charge in [0.15, 0.2) is 4.67 Å². The van der Waals surface area contributed by atoms with Crippen LogP contribution < -0.4 is 4.72 Å². The molecule has 0 aliphatic heterocycles. The van der Waals surface area contributed by atoms with E-state index in [1.165, 1.54) is 0 Å². The molecule has 0 bridgehead atoms. The van der Waals surface area contributed by atoms with Gasteiger partial charge in [-0.3, -0.25) is 0 Å². The highest BCUT2D eigenvalue weighted by Gasteiger charge is 2.31. The summed E-state index contributed by atoms with van der Waals surface area (Å²) in [6, 6.07) is 0.892. The first kappa shape index (κ1) is 15.9. The van der Waals surface area contributed by atoms with E-state index >= 15 is 0 Å². The van der Waals surface area contributed by atoms with Crippen LogP contribution in [0.15, 0.2) is 20.0 Å². The van der Waals surface area contributed by atoms with E-state index in [1.807, 2.05) is 6.26 Å². The van der Waals surface area contributed by atoms with Crippen LogP contribution in [-0.2, 0) is 10.0 Å². The predicted octanol–water partition coefficient (Wildman–Crippen LogP) is 2.30. The summed E-state index contributed by atoms with van der Waals surface area (Å²) >= 11 is 4.67. The molecule has 0 aromatic carbocycles. The Morgan fingerprint density at radius 1 is 1.55 bits per heavy atom. The molecule has 6 nitrogen and oxygen atoms in total. The molecule has 1 saturated carbocycles. The van der Waals surface area contributed by atoms with Gasteiger partial charge >= 0.3 is 5.97 Å². The molecule has 1 aliphatic rings. The van der Waals surface area contributed by atoms with E-state index in [1.54, 1.807) is 11.8 Å². The zero-order chi connectivity index (χ0) is 14.9. The molecule has 112 valence electrons. The molecule has 1 heterocycles. The Labute approximate surface area is 129 Å². The fourth-order valence-electron chi connectivity index (χ4n) is 2.18. The standard InChI is InChI=1S/C11H14BrNO5S2/c1-19-7-3-2-6(4-7)13-20(16,17)9-5-8(11(14)15)18-10(9)12/h5-7,13H,2-4H2,1H3,(H,14,15). The fourth-order valence-corrected chi connectivity index (χ4v) is 5.20. The molecular formula is C11H14BrNO5S2. The van der Waals surface area contributed by atoms with E-state index in [4.69, 9.17) is 9.52 Å². The quantitative estimate of drug-likeness (QED) is 0.809. The Morgan fingerprint density at radius 2 is 2.25 bits per heavy atom. The molecule has 0 radical (unpaired) electrons. The number of rotatable bonds is 5. The van der Waals surface area contributed by atoms with E-state index in [0.717, 1.165) is 25.3 Å². The topological polar surface area (TPSA) is 96.6 Å². The van der Waals surface area contributed by atoms with Gasteiger partial charge in [-0.05, 0) is 41.4 Å². The minimum atomic E-state index is -3.78. The van der Waals surface area contributed by atoms with Crippen molar-refractivity contribution < 1.29 is 22.7 Å². The van der Waals surface area contributed by atoms with Gasteiger partial charge in [-0.1, -0.05) is 0 Å². The van der Waals surface area contributed by atoms with Crippen molar-refractivity contribution in [2.45, 2.75) is 35.4 Å². The van der Waals surface area contributed by atoms with Crippen molar-refractivity contribution in [3.63, 3.8) is 0 Å². The van der Waals surface area contributed by atoms with Crippen LogP contribution in [0.25, 0.3) is 0 Å². The summed E-state index contributed by atoms with van der Waals surface area (Å²) < 4.78 is 31.9. The monoisotopic (exact) mass is 383 g/mol. The van der Waals surface area contributed by atoms with Crippen molar-refractivity contribution in [3.05, 3.63) is 16.5 Å². The number of furan rings is 1. The smallest absolute Gasteiger partial charge is 0.371 e. The van der Waals surface area contributed by atoms with Gasteiger partial charge in [0.1, 0.15) is 4.90 Å². The molecule has 2 rings (SSSR count). The Kier molecular flexibility index (Phi) is 4.83. The molecule has 1 aromatic rings. The van der Waals surface area contributed by atoms with Crippen molar-refractivity contribution in [2.75, 3.05) is 6.26 Å². The average molecular weight is 384 g/mol. The number of carbonyl (C=O) groups is 1. The van der Waals surface area contributed by atoms with Crippen LogP contribution in [0.4, 0.5) is 0 Å². The third-order valence-electron chi connectivity index (χ3n) is 3.20. The molecule has 20 heavy (non-hydrogen) atoms. The van der Waals surface area contributed by atoms with Gasteiger partial charge in [-0.25, -0.2) is 17.9 Å².